The van der Waals surface area contributed by atoms with Crippen molar-refractivity contribution in [2.45, 2.75) is 43.6 Å². The van der Waals surface area contributed by atoms with Crippen LogP contribution in [0.15, 0.2) is 29.4 Å². The smallest absolute Gasteiger partial charge is 0.303 e. The zero-order valence-electron chi connectivity index (χ0n) is 18.0. The van der Waals surface area contributed by atoms with Crippen LogP contribution in [0.5, 0.6) is 17.5 Å². The normalized spacial score (nSPS) is 15.5. The van der Waals surface area contributed by atoms with Gasteiger partial charge in [0.15, 0.2) is 21.4 Å². The minimum absolute atomic E-state index is 0.0574. The third-order valence-corrected chi connectivity index (χ3v) is 6.32. The number of benzene rings is 1. The van der Waals surface area contributed by atoms with Gasteiger partial charge in [0.1, 0.15) is 12.4 Å². The molecule has 2 heterocycles. The van der Waals surface area contributed by atoms with Crippen LogP contribution < -0.4 is 9.47 Å². The van der Waals surface area contributed by atoms with E-state index in [-0.39, 0.29) is 29.0 Å². The van der Waals surface area contributed by atoms with Crippen molar-refractivity contribution < 1.29 is 32.2 Å². The molecule has 0 spiro atoms. The molecule has 32 heavy (non-hydrogen) atoms. The third-order valence-electron chi connectivity index (χ3n) is 5.21. The number of aromatic nitrogens is 2. The maximum Gasteiger partial charge on any atom is 0.303 e. The van der Waals surface area contributed by atoms with Gasteiger partial charge in [-0.2, -0.15) is 0 Å². The van der Waals surface area contributed by atoms with Crippen LogP contribution in [0.2, 0.25) is 0 Å². The summed E-state index contributed by atoms with van der Waals surface area (Å²) in [7, 11) is -3.53. The highest BCUT2D eigenvalue weighted by atomic mass is 32.2. The molecule has 0 unspecified atom stereocenters. The first-order valence-electron chi connectivity index (χ1n) is 10.2. The van der Waals surface area contributed by atoms with Gasteiger partial charge in [0.25, 0.3) is 0 Å². The SMILES string of the molecule is Cc1c(Oc2ccc(S(C)(=O)=O)cc2F)ncnc1OC1CCN(CCCC(=O)O)CC1. The average molecular weight is 468 g/mol. The molecule has 1 aromatic heterocycles. The second-order valence-corrected chi connectivity index (χ2v) is 9.75. The summed E-state index contributed by atoms with van der Waals surface area (Å²) in [5.41, 5.74) is 0.503. The Morgan fingerprint density at radius 1 is 1.25 bits per heavy atom. The maximum atomic E-state index is 14.3. The van der Waals surface area contributed by atoms with Crippen molar-refractivity contribution in [3.8, 4) is 17.5 Å². The highest BCUT2D eigenvalue weighted by molar-refractivity contribution is 7.90. The summed E-state index contributed by atoms with van der Waals surface area (Å²) in [5.74, 6) is -1.30. The number of piperidine rings is 1. The summed E-state index contributed by atoms with van der Waals surface area (Å²) in [6.45, 7) is 4.05. The molecule has 1 N–H and O–H groups in total. The van der Waals surface area contributed by atoms with Crippen LogP contribution in [0.3, 0.4) is 0 Å². The average Bonchev–Trinajstić information content (AvgIpc) is 2.72. The van der Waals surface area contributed by atoms with E-state index in [1.165, 1.54) is 18.5 Å². The molecule has 9 nitrogen and oxygen atoms in total. The number of halogens is 1. The molecule has 0 aliphatic carbocycles. The predicted molar refractivity (Wildman–Crippen MR) is 113 cm³/mol. The number of likely N-dealkylation sites (tertiary alicyclic amines) is 1. The lowest BCUT2D eigenvalue weighted by Crippen LogP contribution is -2.39. The second kappa shape index (κ2) is 10.2. The number of nitrogens with zero attached hydrogens (tertiary/aromatic N) is 3. The molecule has 174 valence electrons. The van der Waals surface area contributed by atoms with Gasteiger partial charge in [-0.15, -0.1) is 0 Å². The number of hydrogen-bond donors (Lipinski definition) is 1. The van der Waals surface area contributed by atoms with Gasteiger partial charge in [-0.1, -0.05) is 0 Å². The van der Waals surface area contributed by atoms with E-state index in [4.69, 9.17) is 14.6 Å². The molecule has 0 radical (unpaired) electrons. The van der Waals surface area contributed by atoms with E-state index in [2.05, 4.69) is 14.9 Å². The number of hydrogen-bond acceptors (Lipinski definition) is 8. The lowest BCUT2D eigenvalue weighted by molar-refractivity contribution is -0.137. The first-order valence-corrected chi connectivity index (χ1v) is 12.1. The van der Waals surface area contributed by atoms with Crippen LogP contribution in [-0.2, 0) is 14.6 Å². The summed E-state index contributed by atoms with van der Waals surface area (Å²) >= 11 is 0. The van der Waals surface area contributed by atoms with E-state index < -0.39 is 21.6 Å². The Hall–Kier alpha value is -2.79. The monoisotopic (exact) mass is 467 g/mol. The second-order valence-electron chi connectivity index (χ2n) is 7.73. The van der Waals surface area contributed by atoms with E-state index in [1.54, 1.807) is 6.92 Å². The number of carbonyl (C=O) groups is 1. The summed E-state index contributed by atoms with van der Waals surface area (Å²) < 4.78 is 49.1. The molecular weight excluding hydrogens is 441 g/mol. The Labute approximate surface area is 186 Å². The van der Waals surface area contributed by atoms with E-state index in [0.717, 1.165) is 44.8 Å². The zero-order chi connectivity index (χ0) is 23.3. The van der Waals surface area contributed by atoms with Gasteiger partial charge >= 0.3 is 5.97 Å². The van der Waals surface area contributed by atoms with E-state index >= 15 is 0 Å². The third kappa shape index (κ3) is 6.36. The van der Waals surface area contributed by atoms with E-state index in [9.17, 15) is 17.6 Å². The van der Waals surface area contributed by atoms with Crippen LogP contribution >= 0.6 is 0 Å². The first-order chi connectivity index (χ1) is 15.1. The van der Waals surface area contributed by atoms with Gasteiger partial charge in [-0.3, -0.25) is 4.79 Å². The van der Waals surface area contributed by atoms with Crippen LogP contribution in [0.4, 0.5) is 4.39 Å². The fourth-order valence-electron chi connectivity index (χ4n) is 3.40. The molecule has 1 aliphatic heterocycles. The minimum Gasteiger partial charge on any atom is -0.481 e. The number of carboxylic acids is 1. The summed E-state index contributed by atoms with van der Waals surface area (Å²) in [5, 5.41) is 8.74. The Balaban J connectivity index is 1.61. The molecule has 2 aromatic rings. The van der Waals surface area contributed by atoms with Gasteiger partial charge < -0.3 is 19.5 Å². The molecule has 11 heteroatoms. The first kappa shape index (κ1) is 23.9. The Kier molecular flexibility index (Phi) is 7.62. The maximum absolute atomic E-state index is 14.3. The Bertz CT molecular complexity index is 1070. The lowest BCUT2D eigenvalue weighted by Gasteiger charge is -2.32. The molecule has 0 amide bonds. The largest absolute Gasteiger partial charge is 0.481 e. The van der Waals surface area contributed by atoms with E-state index in [1.807, 2.05) is 0 Å². The van der Waals surface area contributed by atoms with Crippen LogP contribution in [0, 0.1) is 12.7 Å². The Morgan fingerprint density at radius 3 is 2.56 bits per heavy atom. The molecule has 1 aromatic carbocycles. The molecule has 1 aliphatic rings. The highest BCUT2D eigenvalue weighted by Crippen LogP contribution is 2.31. The predicted octanol–water partition coefficient (Wildman–Crippen LogP) is 2.83. The van der Waals surface area contributed by atoms with Crippen LogP contribution in [-0.4, -0.2) is 66.4 Å². The topological polar surface area (TPSA) is 119 Å². The van der Waals surface area contributed by atoms with Crippen molar-refractivity contribution in [3.63, 3.8) is 0 Å². The quantitative estimate of drug-likeness (QED) is 0.594. The summed E-state index contributed by atoms with van der Waals surface area (Å²) in [4.78, 5) is 20.9. The minimum atomic E-state index is -3.53. The van der Waals surface area contributed by atoms with Crippen molar-refractivity contribution in [1.82, 2.24) is 14.9 Å². The molecule has 0 bridgehead atoms. The summed E-state index contributed by atoms with van der Waals surface area (Å²) in [6.07, 6.45) is 4.54. The van der Waals surface area contributed by atoms with Crippen molar-refractivity contribution in [3.05, 3.63) is 35.9 Å². The van der Waals surface area contributed by atoms with Crippen molar-refractivity contribution in [1.29, 1.82) is 0 Å². The number of sulfone groups is 1. The van der Waals surface area contributed by atoms with E-state index in [0.29, 0.717) is 17.9 Å². The van der Waals surface area contributed by atoms with Crippen molar-refractivity contribution >= 4 is 15.8 Å². The van der Waals surface area contributed by atoms with Gasteiger partial charge in [0.05, 0.1) is 10.5 Å². The fraction of sp³-hybridized carbons (Fsp3) is 0.476. The molecular formula is C21H26FN3O6S. The van der Waals surface area contributed by atoms with Crippen LogP contribution in [0.25, 0.3) is 0 Å². The van der Waals surface area contributed by atoms with Crippen LogP contribution in [0.1, 0.15) is 31.2 Å². The standard InChI is InChI=1S/C21H26FN3O6S/c1-14-20(30-15-7-10-25(11-8-15)9-3-4-19(26)27)23-13-24-21(14)31-18-6-5-16(12-17(18)22)32(2,28)29/h5-6,12-13,15H,3-4,7-11H2,1-2H3,(H,26,27). The molecule has 0 atom stereocenters. The van der Waals surface area contributed by atoms with Gasteiger partial charge in [0.2, 0.25) is 11.8 Å². The van der Waals surface area contributed by atoms with Gasteiger partial charge in [-0.25, -0.2) is 22.8 Å². The zero-order valence-corrected chi connectivity index (χ0v) is 18.8. The fourth-order valence-corrected chi connectivity index (χ4v) is 4.03. The Morgan fingerprint density at radius 2 is 1.94 bits per heavy atom. The van der Waals surface area contributed by atoms with Crippen molar-refractivity contribution in [2.24, 2.45) is 0 Å². The van der Waals surface area contributed by atoms with Crippen molar-refractivity contribution in [2.75, 3.05) is 25.9 Å². The number of ether oxygens (including phenoxy) is 2. The molecule has 1 fully saturated rings. The number of rotatable bonds is 9. The van der Waals surface area contributed by atoms with Gasteiger partial charge in [0, 0.05) is 25.8 Å². The van der Waals surface area contributed by atoms with Gasteiger partial charge in [-0.05, 0) is 50.9 Å². The summed E-state index contributed by atoms with van der Waals surface area (Å²) in [6, 6.07) is 3.42. The number of carboxylic acid groups (broad SMARTS) is 1. The molecule has 0 saturated carbocycles. The highest BCUT2D eigenvalue weighted by Gasteiger charge is 2.23. The number of aliphatic carboxylic acids is 1. The molecule has 3 rings (SSSR count). The molecule has 1 saturated heterocycles. The lowest BCUT2D eigenvalue weighted by atomic mass is 10.1.